The summed E-state index contributed by atoms with van der Waals surface area (Å²) in [6.07, 6.45) is 0.836. The standard InChI is InChI=1S/C14H28O3/c1-13(2,3)10-11(14(4,5)6)12(15)17-9-8-16-7/h11H,8-10H2,1-7H3. The number of rotatable bonds is 5. The highest BCUT2D eigenvalue weighted by atomic mass is 16.6. The second kappa shape index (κ2) is 6.39. The average Bonchev–Trinajstić information content (AvgIpc) is 2.11. The van der Waals surface area contributed by atoms with E-state index in [1.807, 2.05) is 0 Å². The smallest absolute Gasteiger partial charge is 0.309 e. The zero-order chi connectivity index (χ0) is 13.7. The Bertz CT molecular complexity index is 233. The third-order valence-corrected chi connectivity index (χ3v) is 2.68. The van der Waals surface area contributed by atoms with Gasteiger partial charge in [-0.25, -0.2) is 0 Å². The fourth-order valence-corrected chi connectivity index (χ4v) is 1.68. The first-order valence-electron chi connectivity index (χ1n) is 6.23. The maximum atomic E-state index is 12.1. The molecule has 0 aliphatic rings. The van der Waals surface area contributed by atoms with Crippen molar-refractivity contribution in [3.63, 3.8) is 0 Å². The molecular weight excluding hydrogens is 216 g/mol. The summed E-state index contributed by atoms with van der Waals surface area (Å²) in [6, 6.07) is 0. The van der Waals surface area contributed by atoms with Crippen LogP contribution in [0.3, 0.4) is 0 Å². The van der Waals surface area contributed by atoms with Gasteiger partial charge in [-0.2, -0.15) is 0 Å². The van der Waals surface area contributed by atoms with Crippen molar-refractivity contribution in [2.75, 3.05) is 20.3 Å². The maximum Gasteiger partial charge on any atom is 0.309 e. The summed E-state index contributed by atoms with van der Waals surface area (Å²) in [7, 11) is 1.60. The minimum Gasteiger partial charge on any atom is -0.463 e. The Morgan fingerprint density at radius 1 is 1.06 bits per heavy atom. The van der Waals surface area contributed by atoms with Crippen molar-refractivity contribution in [2.24, 2.45) is 16.7 Å². The summed E-state index contributed by atoms with van der Waals surface area (Å²) >= 11 is 0. The second-order valence-corrected chi connectivity index (χ2v) is 6.84. The number of carbonyl (C=O) groups excluding carboxylic acids is 1. The molecule has 1 atom stereocenters. The van der Waals surface area contributed by atoms with Crippen molar-refractivity contribution in [3.8, 4) is 0 Å². The van der Waals surface area contributed by atoms with Gasteiger partial charge in [-0.15, -0.1) is 0 Å². The van der Waals surface area contributed by atoms with Gasteiger partial charge in [-0.05, 0) is 17.3 Å². The Hall–Kier alpha value is -0.570. The van der Waals surface area contributed by atoms with Gasteiger partial charge in [0.1, 0.15) is 6.61 Å². The Kier molecular flexibility index (Phi) is 6.17. The van der Waals surface area contributed by atoms with Crippen molar-refractivity contribution in [2.45, 2.75) is 48.0 Å². The van der Waals surface area contributed by atoms with Gasteiger partial charge in [0, 0.05) is 7.11 Å². The van der Waals surface area contributed by atoms with Crippen LogP contribution >= 0.6 is 0 Å². The lowest BCUT2D eigenvalue weighted by Crippen LogP contribution is -2.34. The highest BCUT2D eigenvalue weighted by molar-refractivity contribution is 5.73. The van der Waals surface area contributed by atoms with Crippen molar-refractivity contribution < 1.29 is 14.3 Å². The Labute approximate surface area is 106 Å². The van der Waals surface area contributed by atoms with Gasteiger partial charge >= 0.3 is 5.97 Å². The van der Waals surface area contributed by atoms with Crippen LogP contribution in [-0.2, 0) is 14.3 Å². The third kappa shape index (κ3) is 7.37. The largest absolute Gasteiger partial charge is 0.463 e. The molecule has 0 bridgehead atoms. The molecule has 3 nitrogen and oxygen atoms in total. The molecule has 0 aromatic carbocycles. The van der Waals surface area contributed by atoms with E-state index in [9.17, 15) is 4.79 Å². The zero-order valence-electron chi connectivity index (χ0n) is 12.4. The molecule has 0 aliphatic heterocycles. The van der Waals surface area contributed by atoms with E-state index in [2.05, 4.69) is 41.5 Å². The summed E-state index contributed by atoms with van der Waals surface area (Å²) in [5, 5.41) is 0. The normalized spacial score (nSPS) is 14.5. The molecule has 1 unspecified atom stereocenters. The molecule has 0 aromatic rings. The molecule has 3 heteroatoms. The van der Waals surface area contributed by atoms with Gasteiger partial charge in [0.2, 0.25) is 0 Å². The van der Waals surface area contributed by atoms with Crippen LogP contribution in [0.4, 0.5) is 0 Å². The molecule has 0 amide bonds. The number of carbonyl (C=O) groups is 1. The van der Waals surface area contributed by atoms with Gasteiger partial charge in [-0.3, -0.25) is 4.79 Å². The number of methoxy groups -OCH3 is 1. The van der Waals surface area contributed by atoms with E-state index in [1.165, 1.54) is 0 Å². The number of hydrogen-bond acceptors (Lipinski definition) is 3. The van der Waals surface area contributed by atoms with Crippen LogP contribution in [0.2, 0.25) is 0 Å². The molecule has 17 heavy (non-hydrogen) atoms. The van der Waals surface area contributed by atoms with Crippen molar-refractivity contribution in [3.05, 3.63) is 0 Å². The first kappa shape index (κ1) is 16.4. The summed E-state index contributed by atoms with van der Waals surface area (Å²) in [5.41, 5.74) is 0.0512. The van der Waals surface area contributed by atoms with Crippen molar-refractivity contribution in [1.82, 2.24) is 0 Å². The highest BCUT2D eigenvalue weighted by Gasteiger charge is 2.35. The fraction of sp³-hybridized carbons (Fsp3) is 0.929. The maximum absolute atomic E-state index is 12.1. The number of hydrogen-bond donors (Lipinski definition) is 0. The topological polar surface area (TPSA) is 35.5 Å². The first-order chi connectivity index (χ1) is 7.58. The molecule has 0 heterocycles. The van der Waals surface area contributed by atoms with E-state index in [0.29, 0.717) is 13.2 Å². The molecule has 0 aromatic heterocycles. The predicted molar refractivity (Wildman–Crippen MR) is 69.9 cm³/mol. The molecule has 0 saturated heterocycles. The molecule has 0 fully saturated rings. The van der Waals surface area contributed by atoms with Crippen molar-refractivity contribution in [1.29, 1.82) is 0 Å². The number of esters is 1. The Balaban J connectivity index is 4.54. The molecule has 102 valence electrons. The van der Waals surface area contributed by atoms with Crippen LogP contribution in [0.1, 0.15) is 48.0 Å². The molecule has 0 saturated carbocycles. The summed E-state index contributed by atoms with van der Waals surface area (Å²) in [4.78, 5) is 12.1. The molecule has 0 N–H and O–H groups in total. The van der Waals surface area contributed by atoms with Gasteiger partial charge in [0.25, 0.3) is 0 Å². The van der Waals surface area contributed by atoms with Crippen LogP contribution in [0.15, 0.2) is 0 Å². The average molecular weight is 244 g/mol. The predicted octanol–water partition coefficient (Wildman–Crippen LogP) is 3.27. The van der Waals surface area contributed by atoms with Crippen LogP contribution < -0.4 is 0 Å². The van der Waals surface area contributed by atoms with Gasteiger partial charge in [0.05, 0.1) is 12.5 Å². The lowest BCUT2D eigenvalue weighted by Gasteiger charge is -2.33. The lowest BCUT2D eigenvalue weighted by atomic mass is 9.72. The SMILES string of the molecule is COCCOC(=O)C(CC(C)(C)C)C(C)(C)C. The molecule has 0 radical (unpaired) electrons. The van der Waals surface area contributed by atoms with E-state index in [4.69, 9.17) is 9.47 Å². The highest BCUT2D eigenvalue weighted by Crippen LogP contribution is 2.36. The minimum absolute atomic E-state index is 0.0700. The van der Waals surface area contributed by atoms with Gasteiger partial charge < -0.3 is 9.47 Å². The van der Waals surface area contributed by atoms with E-state index in [-0.39, 0.29) is 22.7 Å². The number of ether oxygens (including phenoxy) is 2. The summed E-state index contributed by atoms with van der Waals surface area (Å²) in [5.74, 6) is -0.177. The molecule has 0 aliphatic carbocycles. The third-order valence-electron chi connectivity index (χ3n) is 2.68. The van der Waals surface area contributed by atoms with Crippen LogP contribution in [-0.4, -0.2) is 26.3 Å². The summed E-state index contributed by atoms with van der Waals surface area (Å²) < 4.78 is 10.1. The van der Waals surface area contributed by atoms with E-state index >= 15 is 0 Å². The van der Waals surface area contributed by atoms with Crippen LogP contribution in [0, 0.1) is 16.7 Å². The van der Waals surface area contributed by atoms with Crippen molar-refractivity contribution >= 4 is 5.97 Å². The fourth-order valence-electron chi connectivity index (χ4n) is 1.68. The Morgan fingerprint density at radius 3 is 1.94 bits per heavy atom. The van der Waals surface area contributed by atoms with Gasteiger partial charge in [-0.1, -0.05) is 41.5 Å². The first-order valence-corrected chi connectivity index (χ1v) is 6.23. The molecular formula is C14H28O3. The monoisotopic (exact) mass is 244 g/mol. The van der Waals surface area contributed by atoms with Gasteiger partial charge in [0.15, 0.2) is 0 Å². The molecule has 0 rings (SSSR count). The van der Waals surface area contributed by atoms with Crippen LogP contribution in [0.5, 0.6) is 0 Å². The molecule has 0 spiro atoms. The van der Waals surface area contributed by atoms with E-state index < -0.39 is 0 Å². The minimum atomic E-state index is -0.107. The van der Waals surface area contributed by atoms with Crippen LogP contribution in [0.25, 0.3) is 0 Å². The zero-order valence-corrected chi connectivity index (χ0v) is 12.4. The lowest BCUT2D eigenvalue weighted by molar-refractivity contribution is -0.155. The quantitative estimate of drug-likeness (QED) is 0.550. The summed E-state index contributed by atoms with van der Waals surface area (Å²) in [6.45, 7) is 13.5. The Morgan fingerprint density at radius 2 is 1.59 bits per heavy atom. The van der Waals surface area contributed by atoms with E-state index in [0.717, 1.165) is 6.42 Å². The van der Waals surface area contributed by atoms with E-state index in [1.54, 1.807) is 7.11 Å². The second-order valence-electron chi connectivity index (χ2n) is 6.84.